The van der Waals surface area contributed by atoms with Crippen LogP contribution in [0, 0.1) is 10.1 Å². The zero-order valence-corrected chi connectivity index (χ0v) is 15.5. The van der Waals surface area contributed by atoms with Gasteiger partial charge < -0.3 is 15.5 Å². The van der Waals surface area contributed by atoms with Gasteiger partial charge in [-0.2, -0.15) is 0 Å². The van der Waals surface area contributed by atoms with Crippen molar-refractivity contribution in [2.75, 3.05) is 24.2 Å². The van der Waals surface area contributed by atoms with E-state index < -0.39 is 13.2 Å². The van der Waals surface area contributed by atoms with Crippen LogP contribution in [-0.4, -0.2) is 36.4 Å². The van der Waals surface area contributed by atoms with E-state index >= 15 is 0 Å². The van der Waals surface area contributed by atoms with Crippen LogP contribution in [0.3, 0.4) is 0 Å². The SMILES string of the molecule is CC(C)(C)[Si](C)(C)OCCCCNc1ncnc(N)c1[N+](=O)[O-]. The van der Waals surface area contributed by atoms with Gasteiger partial charge in [0.1, 0.15) is 6.33 Å². The molecule has 0 fully saturated rings. The van der Waals surface area contributed by atoms with Gasteiger partial charge in [-0.25, -0.2) is 9.97 Å². The van der Waals surface area contributed by atoms with E-state index in [0.29, 0.717) is 13.2 Å². The highest BCUT2D eigenvalue weighted by Gasteiger charge is 2.36. The van der Waals surface area contributed by atoms with Crippen molar-refractivity contribution in [2.45, 2.75) is 51.7 Å². The van der Waals surface area contributed by atoms with Gasteiger partial charge in [-0.05, 0) is 31.0 Å². The summed E-state index contributed by atoms with van der Waals surface area (Å²) in [7, 11) is -1.71. The summed E-state index contributed by atoms with van der Waals surface area (Å²) in [5.74, 6) is 0.0292. The molecule has 0 spiro atoms. The van der Waals surface area contributed by atoms with Crippen LogP contribution in [0.2, 0.25) is 18.1 Å². The Morgan fingerprint density at radius 1 is 1.35 bits per heavy atom. The topological polar surface area (TPSA) is 116 Å². The van der Waals surface area contributed by atoms with E-state index in [1.807, 2.05) is 0 Å². The summed E-state index contributed by atoms with van der Waals surface area (Å²) in [6, 6.07) is 0. The fourth-order valence-electron chi connectivity index (χ4n) is 1.68. The molecule has 1 aromatic heterocycles. The van der Waals surface area contributed by atoms with Gasteiger partial charge in [0.2, 0.25) is 11.6 Å². The normalized spacial score (nSPS) is 12.2. The number of nitrogen functional groups attached to an aromatic ring is 1. The van der Waals surface area contributed by atoms with Gasteiger partial charge in [-0.3, -0.25) is 10.1 Å². The van der Waals surface area contributed by atoms with Crippen molar-refractivity contribution in [1.29, 1.82) is 0 Å². The molecular weight excluding hydrogens is 314 g/mol. The summed E-state index contributed by atoms with van der Waals surface area (Å²) in [6.45, 7) is 12.3. The molecule has 3 N–H and O–H groups in total. The Hall–Kier alpha value is -1.74. The van der Waals surface area contributed by atoms with Gasteiger partial charge in [-0.15, -0.1) is 0 Å². The van der Waals surface area contributed by atoms with Gasteiger partial charge in [0.15, 0.2) is 8.32 Å². The number of aromatic nitrogens is 2. The average molecular weight is 341 g/mol. The molecule has 0 radical (unpaired) electrons. The minimum Gasteiger partial charge on any atom is -0.417 e. The maximum absolute atomic E-state index is 11.0. The molecule has 0 aliphatic rings. The lowest BCUT2D eigenvalue weighted by atomic mass is 10.2. The summed E-state index contributed by atoms with van der Waals surface area (Å²) >= 11 is 0. The standard InChI is InChI=1S/C14H27N5O3Si/c1-14(2,3)23(4,5)22-9-7-6-8-16-13-11(19(20)21)12(15)17-10-18-13/h10H,6-9H2,1-5H3,(H3,15,16,17,18). The highest BCUT2D eigenvalue weighted by molar-refractivity contribution is 6.74. The molecule has 0 atom stereocenters. The summed E-state index contributed by atoms with van der Waals surface area (Å²) in [4.78, 5) is 17.9. The largest absolute Gasteiger partial charge is 0.417 e. The number of nitro groups is 1. The van der Waals surface area contributed by atoms with Crippen LogP contribution in [0.4, 0.5) is 17.3 Å². The molecule has 23 heavy (non-hydrogen) atoms. The molecule has 0 aliphatic heterocycles. The van der Waals surface area contributed by atoms with Crippen LogP contribution in [0.1, 0.15) is 33.6 Å². The van der Waals surface area contributed by atoms with Gasteiger partial charge >= 0.3 is 5.69 Å². The molecule has 0 amide bonds. The van der Waals surface area contributed by atoms with Crippen LogP contribution in [-0.2, 0) is 4.43 Å². The first-order valence-electron chi connectivity index (χ1n) is 7.69. The maximum atomic E-state index is 11.0. The van der Waals surface area contributed by atoms with Crippen molar-refractivity contribution >= 4 is 25.6 Å². The van der Waals surface area contributed by atoms with Crippen molar-refractivity contribution in [3.63, 3.8) is 0 Å². The molecule has 0 saturated carbocycles. The average Bonchev–Trinajstić information content (AvgIpc) is 2.40. The second-order valence-corrected chi connectivity index (χ2v) is 11.8. The van der Waals surface area contributed by atoms with Crippen LogP contribution in [0.15, 0.2) is 6.33 Å². The second kappa shape index (κ2) is 7.69. The molecule has 0 unspecified atom stereocenters. The Bertz CT molecular complexity index is 546. The fourth-order valence-corrected chi connectivity index (χ4v) is 2.77. The highest BCUT2D eigenvalue weighted by atomic mass is 28.4. The fraction of sp³-hybridized carbons (Fsp3) is 0.714. The molecule has 9 heteroatoms. The van der Waals surface area contributed by atoms with Crippen molar-refractivity contribution in [3.8, 4) is 0 Å². The molecular formula is C14H27N5O3Si. The first kappa shape index (κ1) is 19.3. The van der Waals surface area contributed by atoms with E-state index in [0.717, 1.165) is 12.8 Å². The Morgan fingerprint density at radius 3 is 2.57 bits per heavy atom. The number of hydrogen-bond donors (Lipinski definition) is 2. The van der Waals surface area contributed by atoms with E-state index in [9.17, 15) is 10.1 Å². The maximum Gasteiger partial charge on any atom is 0.352 e. The summed E-state index contributed by atoms with van der Waals surface area (Å²) in [5, 5.41) is 14.1. The van der Waals surface area contributed by atoms with E-state index in [-0.39, 0.29) is 22.4 Å². The first-order valence-corrected chi connectivity index (χ1v) is 10.6. The zero-order valence-electron chi connectivity index (χ0n) is 14.5. The summed E-state index contributed by atoms with van der Waals surface area (Å²) in [5.41, 5.74) is 5.24. The lowest BCUT2D eigenvalue weighted by Gasteiger charge is -2.36. The Morgan fingerprint density at radius 2 is 2.00 bits per heavy atom. The number of nitrogens with zero attached hydrogens (tertiary/aromatic N) is 3. The van der Waals surface area contributed by atoms with Gasteiger partial charge in [0.05, 0.1) is 4.92 Å². The van der Waals surface area contributed by atoms with Gasteiger partial charge in [0, 0.05) is 13.2 Å². The predicted octanol–water partition coefficient (Wildman–Crippen LogP) is 3.18. The summed E-state index contributed by atoms with van der Waals surface area (Å²) < 4.78 is 6.08. The number of unbranched alkanes of at least 4 members (excludes halogenated alkanes) is 1. The van der Waals surface area contributed by atoms with Crippen LogP contribution in [0.25, 0.3) is 0 Å². The van der Waals surface area contributed by atoms with E-state index in [1.165, 1.54) is 6.33 Å². The molecule has 0 bridgehead atoms. The summed E-state index contributed by atoms with van der Waals surface area (Å²) in [6.07, 6.45) is 2.93. The smallest absolute Gasteiger partial charge is 0.352 e. The number of nitrogens with one attached hydrogen (secondary N) is 1. The molecule has 1 heterocycles. The lowest BCUT2D eigenvalue weighted by Crippen LogP contribution is -2.41. The monoisotopic (exact) mass is 341 g/mol. The highest BCUT2D eigenvalue weighted by Crippen LogP contribution is 2.36. The molecule has 130 valence electrons. The minimum absolute atomic E-state index is 0.131. The third kappa shape index (κ3) is 5.43. The third-order valence-corrected chi connectivity index (χ3v) is 8.70. The first-order chi connectivity index (χ1) is 10.6. The lowest BCUT2D eigenvalue weighted by molar-refractivity contribution is -0.383. The van der Waals surface area contributed by atoms with E-state index in [4.69, 9.17) is 10.2 Å². The number of hydrogen-bond acceptors (Lipinski definition) is 7. The van der Waals surface area contributed by atoms with Gasteiger partial charge in [0.25, 0.3) is 0 Å². The molecule has 8 nitrogen and oxygen atoms in total. The minimum atomic E-state index is -1.71. The van der Waals surface area contributed by atoms with Crippen molar-refractivity contribution in [2.24, 2.45) is 0 Å². The Labute approximate surface area is 138 Å². The van der Waals surface area contributed by atoms with Crippen LogP contribution >= 0.6 is 0 Å². The Balaban J connectivity index is 2.40. The van der Waals surface area contributed by atoms with Crippen molar-refractivity contribution in [1.82, 2.24) is 9.97 Å². The second-order valence-electron chi connectivity index (χ2n) is 6.96. The third-order valence-electron chi connectivity index (χ3n) is 4.17. The van der Waals surface area contributed by atoms with Crippen LogP contribution < -0.4 is 11.1 Å². The van der Waals surface area contributed by atoms with Crippen molar-refractivity contribution in [3.05, 3.63) is 16.4 Å². The van der Waals surface area contributed by atoms with Gasteiger partial charge in [-0.1, -0.05) is 20.8 Å². The van der Waals surface area contributed by atoms with E-state index in [2.05, 4.69) is 49.1 Å². The number of rotatable bonds is 8. The number of anilines is 2. The Kier molecular flexibility index (Phi) is 6.45. The van der Waals surface area contributed by atoms with Crippen molar-refractivity contribution < 1.29 is 9.35 Å². The molecule has 0 aliphatic carbocycles. The zero-order chi connectivity index (χ0) is 17.7. The molecule has 0 saturated heterocycles. The van der Waals surface area contributed by atoms with Crippen LogP contribution in [0.5, 0.6) is 0 Å². The predicted molar refractivity (Wildman–Crippen MR) is 94.0 cm³/mol. The quantitative estimate of drug-likeness (QED) is 0.323. The molecule has 1 rings (SSSR count). The van der Waals surface area contributed by atoms with E-state index in [1.54, 1.807) is 0 Å². The molecule has 0 aromatic carbocycles. The number of nitrogens with two attached hydrogens (primary N) is 1. The molecule has 1 aromatic rings.